The molecule has 0 fully saturated rings. The van der Waals surface area contributed by atoms with Gasteiger partial charge in [0.25, 0.3) is 0 Å². The van der Waals surface area contributed by atoms with E-state index in [9.17, 15) is 0 Å². The van der Waals surface area contributed by atoms with Crippen molar-refractivity contribution in [2.24, 2.45) is 5.92 Å². The fraction of sp³-hybridized carbons (Fsp3) is 0.130. The van der Waals surface area contributed by atoms with E-state index in [0.29, 0.717) is 12.0 Å². The molecular weight excluding hydrogens is 304 g/mol. The quantitative estimate of drug-likeness (QED) is 0.705. The van der Waals surface area contributed by atoms with Crippen LogP contribution in [0.25, 0.3) is 10.9 Å². The number of fused-ring (bicyclic) bond motifs is 2. The molecule has 0 amide bonds. The van der Waals surface area contributed by atoms with Crippen molar-refractivity contribution < 1.29 is 0 Å². The Balaban J connectivity index is 1.68. The van der Waals surface area contributed by atoms with E-state index in [1.165, 1.54) is 27.6 Å². The normalized spacial score (nSPS) is 22.5. The summed E-state index contributed by atoms with van der Waals surface area (Å²) < 4.78 is 0. The molecule has 2 aliphatic rings. The number of rotatable bonds is 3. The molecule has 0 spiro atoms. The van der Waals surface area contributed by atoms with Crippen molar-refractivity contribution in [2.75, 3.05) is 0 Å². The van der Waals surface area contributed by atoms with Gasteiger partial charge in [-0.3, -0.25) is 0 Å². The summed E-state index contributed by atoms with van der Waals surface area (Å²) in [6, 6.07) is 19.8. The standard InChI is InChI=1S/C23H20N2/c1-2-8-16(9-3-1)23(19-14-24-21-12-6-4-10-17(19)21)20-15-25-22-13-7-5-11-18(20)22/h1-15,17,21,23-25H. The Hall–Kier alpha value is -3.00. The van der Waals surface area contributed by atoms with Crippen LogP contribution < -0.4 is 5.32 Å². The molecule has 1 aliphatic carbocycles. The Morgan fingerprint density at radius 3 is 2.56 bits per heavy atom. The highest BCUT2D eigenvalue weighted by Crippen LogP contribution is 2.42. The summed E-state index contributed by atoms with van der Waals surface area (Å²) in [6.07, 6.45) is 13.3. The van der Waals surface area contributed by atoms with Crippen LogP contribution in [0.15, 0.2) is 96.9 Å². The number of allylic oxidation sites excluding steroid dienone is 2. The lowest BCUT2D eigenvalue weighted by molar-refractivity contribution is 0.614. The zero-order chi connectivity index (χ0) is 16.6. The molecule has 2 heteroatoms. The maximum Gasteiger partial charge on any atom is 0.0543 e. The molecule has 2 heterocycles. The second-order valence-corrected chi connectivity index (χ2v) is 6.77. The minimum Gasteiger partial charge on any atom is -0.384 e. The lowest BCUT2D eigenvalue weighted by Crippen LogP contribution is -2.26. The van der Waals surface area contributed by atoms with Gasteiger partial charge >= 0.3 is 0 Å². The van der Waals surface area contributed by atoms with Crippen LogP contribution in [-0.4, -0.2) is 11.0 Å². The number of para-hydroxylation sites is 1. The van der Waals surface area contributed by atoms with Gasteiger partial charge in [-0.15, -0.1) is 0 Å². The molecule has 2 nitrogen and oxygen atoms in total. The molecule has 122 valence electrons. The van der Waals surface area contributed by atoms with E-state index >= 15 is 0 Å². The first-order chi connectivity index (χ1) is 12.4. The van der Waals surface area contributed by atoms with E-state index < -0.39 is 0 Å². The van der Waals surface area contributed by atoms with Gasteiger partial charge in [-0.1, -0.05) is 72.8 Å². The second kappa shape index (κ2) is 5.82. The van der Waals surface area contributed by atoms with E-state index in [0.717, 1.165) is 0 Å². The first-order valence-corrected chi connectivity index (χ1v) is 8.84. The van der Waals surface area contributed by atoms with Crippen LogP contribution >= 0.6 is 0 Å². The fourth-order valence-corrected chi connectivity index (χ4v) is 4.18. The third-order valence-electron chi connectivity index (χ3n) is 5.36. The second-order valence-electron chi connectivity index (χ2n) is 6.77. The highest BCUT2D eigenvalue weighted by Gasteiger charge is 2.34. The molecule has 2 aromatic carbocycles. The Morgan fingerprint density at radius 2 is 1.64 bits per heavy atom. The molecule has 1 aliphatic heterocycles. The average molecular weight is 324 g/mol. The van der Waals surface area contributed by atoms with E-state index in [4.69, 9.17) is 0 Å². The number of aromatic amines is 1. The molecule has 3 unspecified atom stereocenters. The lowest BCUT2D eigenvalue weighted by Gasteiger charge is -2.25. The highest BCUT2D eigenvalue weighted by atomic mass is 14.9. The monoisotopic (exact) mass is 324 g/mol. The Kier molecular flexibility index (Phi) is 3.34. The predicted octanol–water partition coefficient (Wildman–Crippen LogP) is 4.90. The topological polar surface area (TPSA) is 27.8 Å². The van der Waals surface area contributed by atoms with Crippen molar-refractivity contribution in [3.63, 3.8) is 0 Å². The van der Waals surface area contributed by atoms with Gasteiger partial charge in [0.1, 0.15) is 0 Å². The van der Waals surface area contributed by atoms with Crippen molar-refractivity contribution in [3.8, 4) is 0 Å². The van der Waals surface area contributed by atoms with Gasteiger partial charge in [-0.2, -0.15) is 0 Å². The van der Waals surface area contributed by atoms with Crippen molar-refractivity contribution in [2.45, 2.75) is 12.0 Å². The summed E-state index contributed by atoms with van der Waals surface area (Å²) >= 11 is 0. The third-order valence-corrected chi connectivity index (χ3v) is 5.36. The van der Waals surface area contributed by atoms with Crippen molar-refractivity contribution in [3.05, 3.63) is 108 Å². The highest BCUT2D eigenvalue weighted by molar-refractivity contribution is 5.84. The van der Waals surface area contributed by atoms with Gasteiger partial charge in [-0.25, -0.2) is 0 Å². The summed E-state index contributed by atoms with van der Waals surface area (Å²) in [5.41, 5.74) is 5.31. The van der Waals surface area contributed by atoms with E-state index in [1.54, 1.807) is 0 Å². The first-order valence-electron chi connectivity index (χ1n) is 8.84. The van der Waals surface area contributed by atoms with Crippen molar-refractivity contribution in [1.82, 2.24) is 10.3 Å². The van der Waals surface area contributed by atoms with Gasteiger partial charge in [0.05, 0.1) is 6.04 Å². The number of benzene rings is 2. The van der Waals surface area contributed by atoms with Crippen LogP contribution in [0.5, 0.6) is 0 Å². The van der Waals surface area contributed by atoms with Crippen LogP contribution in [0, 0.1) is 5.92 Å². The van der Waals surface area contributed by atoms with Crippen LogP contribution in [0.2, 0.25) is 0 Å². The van der Waals surface area contributed by atoms with E-state index in [2.05, 4.69) is 102 Å². The Morgan fingerprint density at radius 1 is 0.840 bits per heavy atom. The van der Waals surface area contributed by atoms with Crippen LogP contribution in [0.4, 0.5) is 0 Å². The van der Waals surface area contributed by atoms with Gasteiger partial charge in [0.2, 0.25) is 0 Å². The molecule has 1 aromatic heterocycles. The predicted molar refractivity (Wildman–Crippen MR) is 103 cm³/mol. The number of hydrogen-bond donors (Lipinski definition) is 2. The van der Waals surface area contributed by atoms with Gasteiger partial charge in [0, 0.05) is 28.9 Å². The molecule has 3 aromatic rings. The van der Waals surface area contributed by atoms with Gasteiger partial charge < -0.3 is 10.3 Å². The Labute approximate surface area is 147 Å². The van der Waals surface area contributed by atoms with Crippen LogP contribution in [0.3, 0.4) is 0 Å². The molecule has 0 saturated carbocycles. The lowest BCUT2D eigenvalue weighted by atomic mass is 9.77. The molecule has 2 N–H and O–H groups in total. The maximum absolute atomic E-state index is 3.56. The molecular formula is C23H20N2. The van der Waals surface area contributed by atoms with E-state index in [1.807, 2.05) is 0 Å². The smallest absolute Gasteiger partial charge is 0.0543 e. The minimum absolute atomic E-state index is 0.246. The maximum atomic E-state index is 3.56. The third kappa shape index (κ3) is 2.33. The van der Waals surface area contributed by atoms with Gasteiger partial charge in [0.15, 0.2) is 0 Å². The molecule has 0 bridgehead atoms. The van der Waals surface area contributed by atoms with Crippen molar-refractivity contribution in [1.29, 1.82) is 0 Å². The summed E-state index contributed by atoms with van der Waals surface area (Å²) in [6.45, 7) is 0. The summed E-state index contributed by atoms with van der Waals surface area (Å²) in [7, 11) is 0. The summed E-state index contributed by atoms with van der Waals surface area (Å²) in [5.74, 6) is 0.653. The summed E-state index contributed by atoms with van der Waals surface area (Å²) in [4.78, 5) is 3.45. The van der Waals surface area contributed by atoms with E-state index in [-0.39, 0.29) is 5.92 Å². The number of H-pyrrole nitrogens is 1. The molecule has 5 rings (SSSR count). The Bertz CT molecular complexity index is 991. The number of hydrogen-bond acceptors (Lipinski definition) is 1. The zero-order valence-electron chi connectivity index (χ0n) is 13.9. The summed E-state index contributed by atoms with van der Waals surface area (Å²) in [5, 5.41) is 4.86. The average Bonchev–Trinajstić information content (AvgIpc) is 3.29. The molecule has 0 saturated heterocycles. The van der Waals surface area contributed by atoms with Crippen LogP contribution in [0.1, 0.15) is 17.0 Å². The number of aromatic nitrogens is 1. The number of nitrogens with one attached hydrogen (secondary N) is 2. The van der Waals surface area contributed by atoms with Crippen LogP contribution in [-0.2, 0) is 0 Å². The fourth-order valence-electron chi connectivity index (χ4n) is 4.18. The largest absolute Gasteiger partial charge is 0.384 e. The zero-order valence-corrected chi connectivity index (χ0v) is 13.9. The van der Waals surface area contributed by atoms with Gasteiger partial charge in [-0.05, 0) is 29.0 Å². The first kappa shape index (κ1) is 14.4. The van der Waals surface area contributed by atoms with Crippen molar-refractivity contribution >= 4 is 10.9 Å². The minimum atomic E-state index is 0.246. The molecule has 3 atom stereocenters. The molecule has 0 radical (unpaired) electrons. The molecule has 25 heavy (non-hydrogen) atoms. The SMILES string of the molecule is C1=CC2NC=C(C(c3ccccc3)c3c[nH]c4ccccc34)C2C=C1.